The van der Waals surface area contributed by atoms with Crippen molar-refractivity contribution in [1.82, 2.24) is 0 Å². The van der Waals surface area contributed by atoms with E-state index in [1.165, 1.54) is 49.8 Å². The average molecular weight is 239 g/mol. The topological polar surface area (TPSA) is 80.6 Å². The SMILES string of the molecule is CCC[N+]1(C)CCCCC1.O=P([O-])(O)O. The van der Waals surface area contributed by atoms with Crippen molar-refractivity contribution in [3.05, 3.63) is 0 Å². The molecule has 1 aliphatic rings. The van der Waals surface area contributed by atoms with Crippen molar-refractivity contribution in [3.63, 3.8) is 0 Å². The van der Waals surface area contributed by atoms with Crippen molar-refractivity contribution in [2.45, 2.75) is 32.6 Å². The third-order valence-electron chi connectivity index (χ3n) is 2.66. The fourth-order valence-electron chi connectivity index (χ4n) is 2.04. The van der Waals surface area contributed by atoms with Gasteiger partial charge in [-0.1, -0.05) is 6.92 Å². The molecule has 0 aliphatic carbocycles. The van der Waals surface area contributed by atoms with Crippen LogP contribution in [-0.2, 0) is 4.57 Å². The van der Waals surface area contributed by atoms with Crippen molar-refractivity contribution in [2.75, 3.05) is 26.7 Å². The fourth-order valence-corrected chi connectivity index (χ4v) is 2.04. The minimum atomic E-state index is -4.89. The molecule has 0 amide bonds. The zero-order valence-electron chi connectivity index (χ0n) is 9.56. The minimum Gasteiger partial charge on any atom is -0.756 e. The van der Waals surface area contributed by atoms with Crippen LogP contribution in [0.3, 0.4) is 0 Å². The molecule has 0 radical (unpaired) electrons. The standard InChI is InChI=1S/C9H20N.H3O4P/c1-3-7-10(2)8-5-4-6-9-10;1-5(2,3)4/h3-9H2,1-2H3;(H3,1,2,3,4)/q+1;/p-1. The summed E-state index contributed by atoms with van der Waals surface area (Å²) in [4.78, 5) is 22.9. The van der Waals surface area contributed by atoms with E-state index in [2.05, 4.69) is 14.0 Å². The molecule has 0 aromatic carbocycles. The number of piperidine rings is 1. The van der Waals surface area contributed by atoms with Gasteiger partial charge < -0.3 is 19.2 Å². The first-order chi connectivity index (χ1) is 6.77. The summed E-state index contributed by atoms with van der Waals surface area (Å²) in [5.74, 6) is 0. The van der Waals surface area contributed by atoms with Crippen LogP contribution in [0.1, 0.15) is 32.6 Å². The molecule has 0 saturated carbocycles. The Balaban J connectivity index is 0.000000336. The Morgan fingerprint density at radius 2 is 1.67 bits per heavy atom. The van der Waals surface area contributed by atoms with E-state index in [0.717, 1.165) is 0 Å². The molecule has 0 aromatic heterocycles. The van der Waals surface area contributed by atoms with Gasteiger partial charge in [0.25, 0.3) is 7.82 Å². The molecule has 0 atom stereocenters. The van der Waals surface area contributed by atoms with Crippen molar-refractivity contribution < 1.29 is 23.7 Å². The zero-order valence-corrected chi connectivity index (χ0v) is 10.4. The largest absolute Gasteiger partial charge is 0.756 e. The van der Waals surface area contributed by atoms with Gasteiger partial charge in [-0.15, -0.1) is 0 Å². The van der Waals surface area contributed by atoms with E-state index < -0.39 is 7.82 Å². The maximum absolute atomic E-state index is 8.77. The molecular formula is C9H22NO4P. The number of rotatable bonds is 2. The van der Waals surface area contributed by atoms with Gasteiger partial charge in [0.2, 0.25) is 0 Å². The molecule has 1 aliphatic heterocycles. The van der Waals surface area contributed by atoms with Gasteiger partial charge in [-0.3, -0.25) is 4.57 Å². The highest BCUT2D eigenvalue weighted by atomic mass is 31.2. The van der Waals surface area contributed by atoms with E-state index in [1.807, 2.05) is 0 Å². The quantitative estimate of drug-likeness (QED) is 0.542. The third-order valence-corrected chi connectivity index (χ3v) is 2.66. The van der Waals surface area contributed by atoms with Crippen LogP contribution in [0.5, 0.6) is 0 Å². The molecule has 1 saturated heterocycles. The molecule has 15 heavy (non-hydrogen) atoms. The second-order valence-corrected chi connectivity index (χ2v) is 5.32. The van der Waals surface area contributed by atoms with E-state index in [4.69, 9.17) is 19.2 Å². The maximum atomic E-state index is 8.77. The summed E-state index contributed by atoms with van der Waals surface area (Å²) in [6, 6.07) is 0. The molecule has 0 aromatic rings. The molecule has 92 valence electrons. The highest BCUT2D eigenvalue weighted by Crippen LogP contribution is 2.19. The Morgan fingerprint density at radius 3 is 2.00 bits per heavy atom. The predicted octanol–water partition coefficient (Wildman–Crippen LogP) is 0.466. The molecular weight excluding hydrogens is 217 g/mol. The molecule has 0 bridgehead atoms. The summed E-state index contributed by atoms with van der Waals surface area (Å²) in [5, 5.41) is 0. The summed E-state index contributed by atoms with van der Waals surface area (Å²) < 4.78 is 10.1. The first kappa shape index (κ1) is 15.1. The molecule has 6 heteroatoms. The van der Waals surface area contributed by atoms with Gasteiger partial charge in [-0.25, -0.2) is 0 Å². The number of likely N-dealkylation sites (tertiary alicyclic amines) is 1. The summed E-state index contributed by atoms with van der Waals surface area (Å²) >= 11 is 0. The van der Waals surface area contributed by atoms with Crippen LogP contribution in [0.2, 0.25) is 0 Å². The maximum Gasteiger partial charge on any atom is 0.262 e. The van der Waals surface area contributed by atoms with E-state index >= 15 is 0 Å². The van der Waals surface area contributed by atoms with E-state index in [1.54, 1.807) is 0 Å². The fraction of sp³-hybridized carbons (Fsp3) is 1.00. The predicted molar refractivity (Wildman–Crippen MR) is 57.0 cm³/mol. The zero-order chi connectivity index (χ0) is 11.9. The third kappa shape index (κ3) is 10.4. The number of quaternary nitrogens is 1. The van der Waals surface area contributed by atoms with Gasteiger partial charge in [0.05, 0.1) is 26.7 Å². The van der Waals surface area contributed by atoms with Gasteiger partial charge in [0.1, 0.15) is 0 Å². The van der Waals surface area contributed by atoms with Gasteiger partial charge in [-0.2, -0.15) is 0 Å². The summed E-state index contributed by atoms with van der Waals surface area (Å²) in [5.41, 5.74) is 0. The first-order valence-electron chi connectivity index (χ1n) is 5.37. The second-order valence-electron chi connectivity index (χ2n) is 4.34. The van der Waals surface area contributed by atoms with Crippen LogP contribution in [-0.4, -0.2) is 41.0 Å². The average Bonchev–Trinajstić information content (AvgIpc) is 2.02. The van der Waals surface area contributed by atoms with E-state index in [9.17, 15) is 0 Å². The van der Waals surface area contributed by atoms with Crippen LogP contribution in [0, 0.1) is 0 Å². The van der Waals surface area contributed by atoms with Gasteiger partial charge >= 0.3 is 0 Å². The monoisotopic (exact) mass is 239 g/mol. The lowest BCUT2D eigenvalue weighted by molar-refractivity contribution is -0.914. The van der Waals surface area contributed by atoms with Crippen LogP contribution < -0.4 is 4.89 Å². The van der Waals surface area contributed by atoms with Gasteiger partial charge in [-0.05, 0) is 25.7 Å². The minimum absolute atomic E-state index is 1.34. The number of hydrogen-bond acceptors (Lipinski definition) is 2. The lowest BCUT2D eigenvalue weighted by Gasteiger charge is -2.37. The Morgan fingerprint density at radius 1 is 1.27 bits per heavy atom. The molecule has 0 unspecified atom stereocenters. The van der Waals surface area contributed by atoms with E-state index in [0.29, 0.717) is 0 Å². The summed E-state index contributed by atoms with van der Waals surface area (Å²) in [7, 11) is -2.48. The smallest absolute Gasteiger partial charge is 0.262 e. The molecule has 5 nitrogen and oxygen atoms in total. The van der Waals surface area contributed by atoms with Crippen LogP contribution in [0.4, 0.5) is 0 Å². The molecule has 1 heterocycles. The number of nitrogens with zero attached hydrogens (tertiary/aromatic N) is 1. The molecule has 1 fully saturated rings. The summed E-state index contributed by atoms with van der Waals surface area (Å²) in [6.45, 7) is 6.53. The first-order valence-corrected chi connectivity index (χ1v) is 6.90. The van der Waals surface area contributed by atoms with Gasteiger partial charge in [0.15, 0.2) is 0 Å². The highest BCUT2D eigenvalue weighted by Gasteiger charge is 2.22. The van der Waals surface area contributed by atoms with E-state index in [-0.39, 0.29) is 0 Å². The lowest BCUT2D eigenvalue weighted by atomic mass is 10.1. The second kappa shape index (κ2) is 6.61. The number of phosphoric acid groups is 1. The Labute approximate surface area is 91.6 Å². The Bertz CT molecular complexity index is 196. The molecule has 2 N–H and O–H groups in total. The van der Waals surface area contributed by atoms with Crippen molar-refractivity contribution >= 4 is 7.82 Å². The van der Waals surface area contributed by atoms with Crippen molar-refractivity contribution in [1.29, 1.82) is 0 Å². The van der Waals surface area contributed by atoms with Crippen LogP contribution in [0.25, 0.3) is 0 Å². The summed E-state index contributed by atoms with van der Waals surface area (Å²) in [6.07, 6.45) is 5.72. The Hall–Kier alpha value is 0.0700. The number of hydrogen-bond donors (Lipinski definition) is 2. The lowest BCUT2D eigenvalue weighted by Crippen LogP contribution is -2.48. The Kier molecular flexibility index (Phi) is 6.64. The molecule has 0 spiro atoms. The highest BCUT2D eigenvalue weighted by molar-refractivity contribution is 7.43. The van der Waals surface area contributed by atoms with Crippen LogP contribution in [0.15, 0.2) is 0 Å². The molecule has 1 rings (SSSR count). The van der Waals surface area contributed by atoms with Gasteiger partial charge in [0, 0.05) is 0 Å². The normalized spacial score (nSPS) is 20.3. The van der Waals surface area contributed by atoms with Crippen LogP contribution >= 0.6 is 7.82 Å². The van der Waals surface area contributed by atoms with Crippen molar-refractivity contribution in [2.24, 2.45) is 0 Å². The van der Waals surface area contributed by atoms with Crippen molar-refractivity contribution in [3.8, 4) is 0 Å².